The van der Waals surface area contributed by atoms with E-state index in [1.807, 2.05) is 67.6 Å². The lowest BCUT2D eigenvalue weighted by atomic mass is 10.1. The van der Waals surface area contributed by atoms with Crippen LogP contribution in [0, 0.1) is 6.92 Å². The highest BCUT2D eigenvalue weighted by Crippen LogP contribution is 2.33. The van der Waals surface area contributed by atoms with Crippen LogP contribution in [0.3, 0.4) is 0 Å². The third-order valence-corrected chi connectivity index (χ3v) is 3.23. The van der Waals surface area contributed by atoms with E-state index < -0.39 is 0 Å². The highest BCUT2D eigenvalue weighted by Gasteiger charge is 2.03. The molecule has 2 N–H and O–H groups in total. The van der Waals surface area contributed by atoms with E-state index in [4.69, 9.17) is 5.73 Å². The van der Waals surface area contributed by atoms with Gasteiger partial charge in [0.25, 0.3) is 0 Å². The lowest BCUT2D eigenvalue weighted by Gasteiger charge is -2.04. The Morgan fingerprint density at radius 3 is 2.35 bits per heavy atom. The van der Waals surface area contributed by atoms with Crippen molar-refractivity contribution in [3.63, 3.8) is 0 Å². The van der Waals surface area contributed by atoms with Gasteiger partial charge in [0, 0.05) is 5.39 Å². The number of hydrogen-bond donors (Lipinski definition) is 1. The highest BCUT2D eigenvalue weighted by molar-refractivity contribution is 5.97. The Labute approximate surface area is 117 Å². The molecule has 98 valence electrons. The first-order chi connectivity index (χ1) is 9.74. The van der Waals surface area contributed by atoms with Crippen molar-refractivity contribution >= 4 is 27.8 Å². The number of anilines is 1. The smallest absolute Gasteiger partial charge is 0.116 e. The summed E-state index contributed by atoms with van der Waals surface area (Å²) < 4.78 is 0. The number of benzene rings is 3. The number of azo groups is 1. The molecule has 0 aliphatic rings. The monoisotopic (exact) mass is 261 g/mol. The molecular formula is C17H15N3. The lowest BCUT2D eigenvalue weighted by molar-refractivity contribution is 1.24. The molecule has 0 fully saturated rings. The molecular weight excluding hydrogens is 246 g/mol. The Morgan fingerprint density at radius 2 is 1.55 bits per heavy atom. The van der Waals surface area contributed by atoms with Gasteiger partial charge in [-0.3, -0.25) is 0 Å². The van der Waals surface area contributed by atoms with Crippen LogP contribution in [0.1, 0.15) is 5.56 Å². The average Bonchev–Trinajstić information content (AvgIpc) is 2.48. The zero-order valence-corrected chi connectivity index (χ0v) is 11.2. The molecule has 0 aliphatic heterocycles. The van der Waals surface area contributed by atoms with Gasteiger partial charge in [-0.15, -0.1) is 5.11 Å². The Balaban J connectivity index is 2.06. The molecule has 0 aliphatic carbocycles. The van der Waals surface area contributed by atoms with Crippen LogP contribution in [-0.4, -0.2) is 0 Å². The molecule has 0 radical (unpaired) electrons. The second kappa shape index (κ2) is 5.13. The Hall–Kier alpha value is -2.68. The molecule has 0 aromatic heterocycles. The molecule has 3 nitrogen and oxygen atoms in total. The van der Waals surface area contributed by atoms with E-state index in [1.54, 1.807) is 0 Å². The van der Waals surface area contributed by atoms with E-state index in [9.17, 15) is 0 Å². The molecule has 0 unspecified atom stereocenters. The first kappa shape index (κ1) is 12.4. The standard InChI is InChI=1S/C17H15N3/c1-12-6-9-14(10-7-12)19-20-17-15-5-3-2-4-13(15)8-11-16(17)18/h2-11H,18H2,1H3/b20-19+. The molecule has 0 atom stereocenters. The second-order valence-electron chi connectivity index (χ2n) is 4.76. The van der Waals surface area contributed by atoms with Crippen molar-refractivity contribution in [2.75, 3.05) is 5.73 Å². The third kappa shape index (κ3) is 2.38. The molecule has 0 spiro atoms. The summed E-state index contributed by atoms with van der Waals surface area (Å²) in [4.78, 5) is 0. The number of nitrogen functional groups attached to an aromatic ring is 1. The maximum atomic E-state index is 6.02. The quantitative estimate of drug-likeness (QED) is 0.503. The fourth-order valence-corrected chi connectivity index (χ4v) is 2.10. The van der Waals surface area contributed by atoms with Crippen LogP contribution < -0.4 is 5.73 Å². The van der Waals surface area contributed by atoms with Crippen molar-refractivity contribution in [2.24, 2.45) is 10.2 Å². The van der Waals surface area contributed by atoms with Crippen LogP contribution in [0.25, 0.3) is 10.8 Å². The normalized spacial score (nSPS) is 11.2. The van der Waals surface area contributed by atoms with Gasteiger partial charge in [0.2, 0.25) is 0 Å². The maximum absolute atomic E-state index is 6.02. The van der Waals surface area contributed by atoms with Crippen molar-refractivity contribution in [2.45, 2.75) is 6.92 Å². The van der Waals surface area contributed by atoms with Crippen molar-refractivity contribution in [3.8, 4) is 0 Å². The van der Waals surface area contributed by atoms with Gasteiger partial charge in [-0.25, -0.2) is 0 Å². The van der Waals surface area contributed by atoms with Gasteiger partial charge >= 0.3 is 0 Å². The van der Waals surface area contributed by atoms with Gasteiger partial charge in [0.1, 0.15) is 5.69 Å². The molecule has 3 aromatic rings. The summed E-state index contributed by atoms with van der Waals surface area (Å²) in [5.41, 5.74) is 9.41. The summed E-state index contributed by atoms with van der Waals surface area (Å²) in [5, 5.41) is 10.7. The summed E-state index contributed by atoms with van der Waals surface area (Å²) >= 11 is 0. The fraction of sp³-hybridized carbons (Fsp3) is 0.0588. The van der Waals surface area contributed by atoms with E-state index in [0.29, 0.717) is 5.69 Å². The van der Waals surface area contributed by atoms with Crippen LogP contribution in [0.5, 0.6) is 0 Å². The highest BCUT2D eigenvalue weighted by atomic mass is 15.1. The van der Waals surface area contributed by atoms with Gasteiger partial charge in [0.05, 0.1) is 11.4 Å². The number of rotatable bonds is 2. The average molecular weight is 261 g/mol. The second-order valence-corrected chi connectivity index (χ2v) is 4.76. The first-order valence-corrected chi connectivity index (χ1v) is 6.50. The number of fused-ring (bicyclic) bond motifs is 1. The SMILES string of the molecule is Cc1ccc(/N=N/c2c(N)ccc3ccccc23)cc1. The summed E-state index contributed by atoms with van der Waals surface area (Å²) in [6, 6.07) is 19.8. The van der Waals surface area contributed by atoms with E-state index in [0.717, 1.165) is 22.1 Å². The minimum Gasteiger partial charge on any atom is -0.397 e. The first-order valence-electron chi connectivity index (χ1n) is 6.50. The Bertz CT molecular complexity index is 774. The number of hydrogen-bond acceptors (Lipinski definition) is 3. The Morgan fingerprint density at radius 1 is 0.800 bits per heavy atom. The van der Waals surface area contributed by atoms with Crippen molar-refractivity contribution < 1.29 is 0 Å². The maximum Gasteiger partial charge on any atom is 0.116 e. The van der Waals surface area contributed by atoms with Gasteiger partial charge in [0.15, 0.2) is 0 Å². The molecule has 0 saturated heterocycles. The molecule has 0 bridgehead atoms. The number of nitrogens with two attached hydrogens (primary N) is 1. The van der Waals surface area contributed by atoms with E-state index in [-0.39, 0.29) is 0 Å². The van der Waals surface area contributed by atoms with Gasteiger partial charge in [-0.2, -0.15) is 5.11 Å². The van der Waals surface area contributed by atoms with Crippen molar-refractivity contribution in [1.29, 1.82) is 0 Å². The minimum absolute atomic E-state index is 0.638. The van der Waals surface area contributed by atoms with Gasteiger partial charge < -0.3 is 5.73 Å². The van der Waals surface area contributed by atoms with E-state index >= 15 is 0 Å². The van der Waals surface area contributed by atoms with Gasteiger partial charge in [-0.05, 0) is 30.5 Å². The van der Waals surface area contributed by atoms with Gasteiger partial charge in [-0.1, -0.05) is 48.0 Å². The lowest BCUT2D eigenvalue weighted by Crippen LogP contribution is -1.85. The van der Waals surface area contributed by atoms with Crippen molar-refractivity contribution in [1.82, 2.24) is 0 Å². The van der Waals surface area contributed by atoms with Crippen LogP contribution >= 0.6 is 0 Å². The third-order valence-electron chi connectivity index (χ3n) is 3.23. The summed E-state index contributed by atoms with van der Waals surface area (Å²) in [6.07, 6.45) is 0. The van der Waals surface area contributed by atoms with Crippen molar-refractivity contribution in [3.05, 3.63) is 66.2 Å². The topological polar surface area (TPSA) is 50.7 Å². The molecule has 3 aromatic carbocycles. The number of aryl methyl sites for hydroxylation is 1. The minimum atomic E-state index is 0.638. The fourth-order valence-electron chi connectivity index (χ4n) is 2.10. The molecule has 0 saturated carbocycles. The molecule has 20 heavy (non-hydrogen) atoms. The Kier molecular flexibility index (Phi) is 3.17. The zero-order valence-electron chi connectivity index (χ0n) is 11.2. The summed E-state index contributed by atoms with van der Waals surface area (Å²) in [5.74, 6) is 0. The van der Waals surface area contributed by atoms with Crippen LogP contribution in [0.4, 0.5) is 17.1 Å². The molecule has 3 rings (SSSR count). The van der Waals surface area contributed by atoms with Crippen LogP contribution in [0.15, 0.2) is 70.9 Å². The molecule has 0 heterocycles. The predicted octanol–water partition coefficient (Wildman–Crippen LogP) is 5.15. The number of nitrogens with zero attached hydrogens (tertiary/aromatic N) is 2. The zero-order chi connectivity index (χ0) is 13.9. The van der Waals surface area contributed by atoms with E-state index in [2.05, 4.69) is 10.2 Å². The summed E-state index contributed by atoms with van der Waals surface area (Å²) in [7, 11) is 0. The predicted molar refractivity (Wildman–Crippen MR) is 83.7 cm³/mol. The largest absolute Gasteiger partial charge is 0.397 e. The molecule has 0 amide bonds. The van der Waals surface area contributed by atoms with E-state index in [1.165, 1.54) is 5.56 Å². The van der Waals surface area contributed by atoms with Crippen LogP contribution in [0.2, 0.25) is 0 Å². The molecule has 3 heteroatoms. The summed E-state index contributed by atoms with van der Waals surface area (Å²) in [6.45, 7) is 2.05. The van der Waals surface area contributed by atoms with Crippen LogP contribution in [-0.2, 0) is 0 Å².